The number of guanidine groups is 1. The number of carbonyl (C=O) groups excluding carboxylic acids is 1. The highest BCUT2D eigenvalue weighted by molar-refractivity contribution is 5.80. The smallest absolute Gasteiger partial charge is 0.409 e. The van der Waals surface area contributed by atoms with E-state index in [1.54, 1.807) is 4.90 Å². The molecule has 8 heteroatoms. The second-order valence-corrected chi connectivity index (χ2v) is 8.41. The van der Waals surface area contributed by atoms with Crippen molar-refractivity contribution in [1.82, 2.24) is 20.4 Å². The van der Waals surface area contributed by atoms with Crippen LogP contribution in [0.3, 0.4) is 0 Å². The van der Waals surface area contributed by atoms with Gasteiger partial charge in [-0.25, -0.2) is 4.79 Å². The molecule has 2 N–H and O–H groups in total. The van der Waals surface area contributed by atoms with Crippen molar-refractivity contribution in [3.05, 3.63) is 0 Å². The van der Waals surface area contributed by atoms with Crippen molar-refractivity contribution in [1.29, 1.82) is 0 Å². The van der Waals surface area contributed by atoms with Crippen molar-refractivity contribution >= 4 is 12.1 Å². The van der Waals surface area contributed by atoms with Crippen LogP contribution in [0.5, 0.6) is 0 Å². The van der Waals surface area contributed by atoms with Gasteiger partial charge in [-0.1, -0.05) is 19.3 Å². The molecular formula is C21H39N5O3. The van der Waals surface area contributed by atoms with Crippen LogP contribution < -0.4 is 10.6 Å². The monoisotopic (exact) mass is 409 g/mol. The summed E-state index contributed by atoms with van der Waals surface area (Å²) in [5, 5.41) is 7.20. The number of amides is 1. The Morgan fingerprint density at radius 2 is 1.83 bits per heavy atom. The number of ether oxygens (including phenoxy) is 2. The summed E-state index contributed by atoms with van der Waals surface area (Å²) in [5.41, 5.74) is 0.215. The second-order valence-electron chi connectivity index (χ2n) is 8.41. The Morgan fingerprint density at radius 3 is 2.45 bits per heavy atom. The molecule has 0 aromatic rings. The summed E-state index contributed by atoms with van der Waals surface area (Å²) in [6.45, 7) is 8.39. The standard InChI is InChI=1S/C21H39N5O3/c1-3-29-20(27)25-11-7-18(8-12-25)24-19(22-2)23-17-21(9-5-4-6-10-21)26-13-15-28-16-14-26/h18H,3-17H2,1-2H3,(H2,22,23,24). The average molecular weight is 410 g/mol. The topological polar surface area (TPSA) is 78.4 Å². The molecule has 3 rings (SSSR count). The van der Waals surface area contributed by atoms with Gasteiger partial charge in [0, 0.05) is 51.4 Å². The van der Waals surface area contributed by atoms with Gasteiger partial charge in [0.25, 0.3) is 0 Å². The number of piperidine rings is 1. The van der Waals surface area contributed by atoms with Gasteiger partial charge in [-0.3, -0.25) is 9.89 Å². The minimum Gasteiger partial charge on any atom is -0.450 e. The first-order valence-corrected chi connectivity index (χ1v) is 11.4. The lowest BCUT2D eigenvalue weighted by molar-refractivity contribution is -0.0353. The van der Waals surface area contributed by atoms with Gasteiger partial charge in [0.1, 0.15) is 0 Å². The highest BCUT2D eigenvalue weighted by atomic mass is 16.6. The van der Waals surface area contributed by atoms with Gasteiger partial charge < -0.3 is 25.0 Å². The first-order valence-electron chi connectivity index (χ1n) is 11.4. The van der Waals surface area contributed by atoms with Crippen LogP contribution in [0, 0.1) is 0 Å². The van der Waals surface area contributed by atoms with E-state index in [0.29, 0.717) is 12.6 Å². The normalized spacial score (nSPS) is 24.2. The predicted octanol–water partition coefficient (Wildman–Crippen LogP) is 1.81. The Bertz CT molecular complexity index is 536. The summed E-state index contributed by atoms with van der Waals surface area (Å²) >= 11 is 0. The fourth-order valence-electron chi connectivity index (χ4n) is 4.91. The molecule has 3 aliphatic rings. The van der Waals surface area contributed by atoms with Gasteiger partial charge in [0.05, 0.1) is 19.8 Å². The van der Waals surface area contributed by atoms with Crippen molar-refractivity contribution in [3.63, 3.8) is 0 Å². The lowest BCUT2D eigenvalue weighted by atomic mass is 9.80. The number of carbonyl (C=O) groups is 1. The van der Waals surface area contributed by atoms with Gasteiger partial charge in [-0.05, 0) is 32.6 Å². The molecule has 0 aromatic carbocycles. The number of morpholine rings is 1. The molecule has 2 saturated heterocycles. The molecule has 2 heterocycles. The summed E-state index contributed by atoms with van der Waals surface area (Å²) in [7, 11) is 1.84. The van der Waals surface area contributed by atoms with Crippen LogP contribution in [0.15, 0.2) is 4.99 Å². The van der Waals surface area contributed by atoms with Crippen LogP contribution in [0.2, 0.25) is 0 Å². The highest BCUT2D eigenvalue weighted by Gasteiger charge is 2.38. The van der Waals surface area contributed by atoms with Crippen molar-refractivity contribution in [2.75, 3.05) is 59.6 Å². The molecule has 0 aromatic heterocycles. The summed E-state index contributed by atoms with van der Waals surface area (Å²) in [6, 6.07) is 0.331. The van der Waals surface area contributed by atoms with Gasteiger partial charge in [-0.2, -0.15) is 0 Å². The third kappa shape index (κ3) is 5.98. The Labute approximate surface area is 175 Å². The maximum absolute atomic E-state index is 11.9. The third-order valence-electron chi connectivity index (χ3n) is 6.64. The number of rotatable bonds is 5. The Kier molecular flexibility index (Phi) is 8.41. The van der Waals surface area contributed by atoms with Crippen LogP contribution in [-0.2, 0) is 9.47 Å². The minimum absolute atomic E-state index is 0.196. The second kappa shape index (κ2) is 11.0. The van der Waals surface area contributed by atoms with Crippen molar-refractivity contribution < 1.29 is 14.3 Å². The highest BCUT2D eigenvalue weighted by Crippen LogP contribution is 2.33. The van der Waals surface area contributed by atoms with E-state index >= 15 is 0 Å². The number of likely N-dealkylation sites (tertiary alicyclic amines) is 1. The van der Waals surface area contributed by atoms with E-state index in [1.165, 1.54) is 32.1 Å². The number of nitrogens with one attached hydrogen (secondary N) is 2. The number of nitrogens with zero attached hydrogens (tertiary/aromatic N) is 3. The molecule has 1 saturated carbocycles. The van der Waals surface area contributed by atoms with Crippen LogP contribution in [0.1, 0.15) is 51.9 Å². The van der Waals surface area contributed by atoms with Crippen LogP contribution >= 0.6 is 0 Å². The quantitative estimate of drug-likeness (QED) is 0.533. The van der Waals surface area contributed by atoms with E-state index in [1.807, 2.05) is 14.0 Å². The molecule has 3 fully saturated rings. The summed E-state index contributed by atoms with van der Waals surface area (Å²) in [5.74, 6) is 0.873. The maximum Gasteiger partial charge on any atom is 0.409 e. The SMILES string of the molecule is CCOC(=O)N1CCC(NC(=NC)NCC2(N3CCOCC3)CCCCC2)CC1. The maximum atomic E-state index is 11.9. The van der Waals surface area contributed by atoms with Gasteiger partial charge in [0.2, 0.25) is 0 Å². The molecule has 0 radical (unpaired) electrons. The molecule has 29 heavy (non-hydrogen) atoms. The van der Waals surface area contributed by atoms with Gasteiger partial charge in [0.15, 0.2) is 5.96 Å². The fraction of sp³-hybridized carbons (Fsp3) is 0.905. The Balaban J connectivity index is 1.49. The molecule has 1 amide bonds. The van der Waals surface area contributed by atoms with Crippen LogP contribution in [0.25, 0.3) is 0 Å². The number of aliphatic imine (C=N–C) groups is 1. The predicted molar refractivity (Wildman–Crippen MR) is 114 cm³/mol. The molecule has 0 unspecified atom stereocenters. The van der Waals surface area contributed by atoms with Gasteiger partial charge >= 0.3 is 6.09 Å². The summed E-state index contributed by atoms with van der Waals surface area (Å²) < 4.78 is 10.7. The first-order chi connectivity index (χ1) is 14.2. The zero-order valence-electron chi connectivity index (χ0n) is 18.3. The van der Waals surface area contributed by atoms with E-state index in [9.17, 15) is 4.79 Å². The fourth-order valence-corrected chi connectivity index (χ4v) is 4.91. The van der Waals surface area contributed by atoms with E-state index in [-0.39, 0.29) is 11.6 Å². The minimum atomic E-state index is -0.196. The molecule has 2 aliphatic heterocycles. The number of hydrogen-bond acceptors (Lipinski definition) is 5. The first kappa shape index (κ1) is 22.2. The third-order valence-corrected chi connectivity index (χ3v) is 6.64. The Morgan fingerprint density at radius 1 is 1.14 bits per heavy atom. The van der Waals surface area contributed by atoms with Crippen molar-refractivity contribution in [2.45, 2.75) is 63.5 Å². The van der Waals surface area contributed by atoms with Crippen LogP contribution in [-0.4, -0.2) is 93.0 Å². The average Bonchev–Trinajstić information content (AvgIpc) is 2.78. The largest absolute Gasteiger partial charge is 0.450 e. The molecule has 166 valence electrons. The zero-order chi connectivity index (χ0) is 20.5. The molecule has 0 bridgehead atoms. The zero-order valence-corrected chi connectivity index (χ0v) is 18.3. The van der Waals surface area contributed by atoms with Gasteiger partial charge in [-0.15, -0.1) is 0 Å². The van der Waals surface area contributed by atoms with E-state index in [0.717, 1.165) is 64.7 Å². The van der Waals surface area contributed by atoms with Crippen LogP contribution in [0.4, 0.5) is 4.79 Å². The molecule has 8 nitrogen and oxygen atoms in total. The summed E-state index contributed by atoms with van der Waals surface area (Å²) in [6.07, 6.45) is 8.07. The van der Waals surface area contributed by atoms with E-state index in [4.69, 9.17) is 9.47 Å². The molecule has 0 spiro atoms. The molecule has 0 atom stereocenters. The number of hydrogen-bond donors (Lipinski definition) is 2. The van der Waals surface area contributed by atoms with E-state index in [2.05, 4.69) is 20.5 Å². The molecular weight excluding hydrogens is 370 g/mol. The Hall–Kier alpha value is -1.54. The van der Waals surface area contributed by atoms with E-state index < -0.39 is 0 Å². The van der Waals surface area contributed by atoms with Crippen molar-refractivity contribution in [2.24, 2.45) is 4.99 Å². The lowest BCUT2D eigenvalue weighted by Crippen LogP contribution is -2.61. The summed E-state index contributed by atoms with van der Waals surface area (Å²) in [4.78, 5) is 20.8. The lowest BCUT2D eigenvalue weighted by Gasteiger charge is -2.48. The molecule has 1 aliphatic carbocycles. The van der Waals surface area contributed by atoms with Crippen molar-refractivity contribution in [3.8, 4) is 0 Å².